The van der Waals surface area contributed by atoms with Crippen molar-refractivity contribution in [2.24, 2.45) is 11.8 Å². The molecule has 1 aromatic heterocycles. The first-order chi connectivity index (χ1) is 17.2. The number of rotatable bonds is 10. The number of hydrogen-bond acceptors (Lipinski definition) is 11. The Kier molecular flexibility index (Phi) is 9.94. The summed E-state index contributed by atoms with van der Waals surface area (Å²) in [5, 5.41) is 0. The molecule has 0 saturated carbocycles. The van der Waals surface area contributed by atoms with E-state index >= 15 is 0 Å². The van der Waals surface area contributed by atoms with E-state index in [1.165, 1.54) is 9.80 Å². The van der Waals surface area contributed by atoms with Crippen molar-refractivity contribution < 1.29 is 37.5 Å². The van der Waals surface area contributed by atoms with Gasteiger partial charge < -0.3 is 28.1 Å². The zero-order valence-electron chi connectivity index (χ0n) is 20.3. The summed E-state index contributed by atoms with van der Waals surface area (Å²) >= 11 is 8.30. The maximum atomic E-state index is 12.7. The molecule has 2 fully saturated rings. The number of esters is 2. The van der Waals surface area contributed by atoms with Gasteiger partial charge in [-0.15, -0.1) is 0 Å². The molecule has 11 nitrogen and oxygen atoms in total. The van der Waals surface area contributed by atoms with Gasteiger partial charge in [-0.3, -0.25) is 9.59 Å². The fourth-order valence-corrected chi connectivity index (χ4v) is 4.61. The molecule has 4 atom stereocenters. The zero-order valence-corrected chi connectivity index (χ0v) is 22.1. The molecule has 2 unspecified atom stereocenters. The van der Waals surface area contributed by atoms with Crippen LogP contribution in [-0.4, -0.2) is 70.2 Å². The Hall–Kier alpha value is -2.41. The summed E-state index contributed by atoms with van der Waals surface area (Å²) < 4.78 is 20.5. The van der Waals surface area contributed by atoms with Gasteiger partial charge in [-0.2, -0.15) is 25.3 Å². The molecule has 0 bridgehead atoms. The maximum absolute atomic E-state index is 12.7. The van der Waals surface area contributed by atoms with Gasteiger partial charge in [-0.05, 0) is 25.7 Å². The minimum atomic E-state index is -1.03. The second-order valence-corrected chi connectivity index (χ2v) is 9.79. The van der Waals surface area contributed by atoms with Gasteiger partial charge in [0.15, 0.2) is 24.7 Å². The van der Waals surface area contributed by atoms with Crippen LogP contribution in [0.4, 0.5) is 0 Å². The number of thiol groups is 2. The number of carbonyl (C=O) groups excluding carboxylic acids is 4. The first-order valence-corrected chi connectivity index (χ1v) is 13.2. The van der Waals surface area contributed by atoms with Crippen LogP contribution in [0.5, 0.6) is 0 Å². The Balaban J connectivity index is 1.58. The minimum absolute atomic E-state index is 0.0937. The monoisotopic (exact) mass is 544 g/mol. The van der Waals surface area contributed by atoms with Crippen molar-refractivity contribution in [2.75, 3.05) is 24.6 Å². The van der Waals surface area contributed by atoms with E-state index in [1.54, 1.807) is 13.8 Å². The average molecular weight is 545 g/mol. The van der Waals surface area contributed by atoms with Crippen LogP contribution in [0.25, 0.3) is 0 Å². The van der Waals surface area contributed by atoms with E-state index in [0.29, 0.717) is 50.3 Å². The standard InChI is InChI=1S/C23H32N2O9S2/c1-13(11-35)19(26)24-7-3-5-15(24)21(28)31-9-17-18(34-23(30)33-17)10-32-22(29)16-6-4-8-25(16)20(27)14(2)12-36/h13-16,35-36H,3-12H2,1-2H3/t13-,14-,15?,16?/m1/s1. The molecule has 2 amide bonds. The lowest BCUT2D eigenvalue weighted by Crippen LogP contribution is -2.44. The minimum Gasteiger partial charge on any atom is -0.456 e. The molecule has 200 valence electrons. The predicted octanol–water partition coefficient (Wildman–Crippen LogP) is 1.43. The number of ether oxygens (including phenoxy) is 2. The third-order valence-corrected chi connectivity index (χ3v) is 7.52. The van der Waals surface area contributed by atoms with Gasteiger partial charge in [0.05, 0.1) is 0 Å². The van der Waals surface area contributed by atoms with Crippen molar-refractivity contribution >= 4 is 49.0 Å². The zero-order chi connectivity index (χ0) is 26.4. The van der Waals surface area contributed by atoms with Crippen molar-refractivity contribution in [1.82, 2.24) is 9.80 Å². The first kappa shape index (κ1) is 28.2. The van der Waals surface area contributed by atoms with Crippen LogP contribution in [-0.2, 0) is 41.9 Å². The Morgan fingerprint density at radius 1 is 0.833 bits per heavy atom. The van der Waals surface area contributed by atoms with Crippen molar-refractivity contribution in [1.29, 1.82) is 0 Å². The van der Waals surface area contributed by atoms with Gasteiger partial charge in [0.1, 0.15) is 12.1 Å². The Morgan fingerprint density at radius 2 is 1.22 bits per heavy atom. The molecular weight excluding hydrogens is 512 g/mol. The molecule has 13 heteroatoms. The largest absolute Gasteiger partial charge is 0.519 e. The third kappa shape index (κ3) is 6.47. The van der Waals surface area contributed by atoms with Crippen molar-refractivity contribution in [2.45, 2.75) is 64.8 Å². The normalized spacial score (nSPS) is 21.3. The highest BCUT2D eigenvalue weighted by Gasteiger charge is 2.38. The number of carbonyl (C=O) groups is 4. The lowest BCUT2D eigenvalue weighted by Gasteiger charge is -2.25. The third-order valence-electron chi connectivity index (χ3n) is 6.42. The second kappa shape index (κ2) is 12.7. The number of hydrogen-bond donors (Lipinski definition) is 2. The van der Waals surface area contributed by atoms with E-state index in [4.69, 9.17) is 18.3 Å². The maximum Gasteiger partial charge on any atom is 0.519 e. The Bertz CT molecular complexity index is 947. The highest BCUT2D eigenvalue weighted by molar-refractivity contribution is 7.80. The summed E-state index contributed by atoms with van der Waals surface area (Å²) in [7, 11) is 0. The smallest absolute Gasteiger partial charge is 0.456 e. The van der Waals surface area contributed by atoms with Crippen molar-refractivity contribution in [3.05, 3.63) is 22.1 Å². The second-order valence-electron chi connectivity index (χ2n) is 9.06. The van der Waals surface area contributed by atoms with Crippen molar-refractivity contribution in [3.63, 3.8) is 0 Å². The number of likely N-dealkylation sites (tertiary alicyclic amines) is 2. The van der Waals surface area contributed by atoms with E-state index in [1.807, 2.05) is 0 Å². The fraction of sp³-hybridized carbons (Fsp3) is 0.696. The average Bonchev–Trinajstić information content (AvgIpc) is 3.63. The summed E-state index contributed by atoms with van der Waals surface area (Å²) in [6.45, 7) is 3.53. The molecule has 0 aromatic carbocycles. The summed E-state index contributed by atoms with van der Waals surface area (Å²) in [6.07, 6.45) is 2.26. The highest BCUT2D eigenvalue weighted by atomic mass is 32.1. The topological polar surface area (TPSA) is 137 Å². The molecule has 0 radical (unpaired) electrons. The highest BCUT2D eigenvalue weighted by Crippen LogP contribution is 2.24. The van der Waals surface area contributed by atoms with E-state index in [0.717, 1.165) is 0 Å². The fourth-order valence-electron chi connectivity index (χ4n) is 4.29. The molecule has 0 aliphatic carbocycles. The summed E-state index contributed by atoms with van der Waals surface area (Å²) in [5.74, 6) is -2.76. The van der Waals surface area contributed by atoms with Gasteiger partial charge in [-0.1, -0.05) is 13.8 Å². The molecule has 2 aliphatic heterocycles. The van der Waals surface area contributed by atoms with Crippen molar-refractivity contribution in [3.8, 4) is 0 Å². The summed E-state index contributed by atoms with van der Waals surface area (Å²) in [5.41, 5.74) is 0. The molecule has 2 aliphatic rings. The molecule has 0 spiro atoms. The van der Waals surface area contributed by atoms with Crippen LogP contribution in [0.1, 0.15) is 51.1 Å². The summed E-state index contributed by atoms with van der Waals surface area (Å²) in [6, 6.07) is -1.46. The lowest BCUT2D eigenvalue weighted by atomic mass is 10.1. The quantitative estimate of drug-likeness (QED) is 0.331. The van der Waals surface area contributed by atoms with Crippen LogP contribution in [0.15, 0.2) is 13.6 Å². The van der Waals surface area contributed by atoms with E-state index in [9.17, 15) is 24.0 Å². The van der Waals surface area contributed by atoms with E-state index < -0.39 is 43.1 Å². The van der Waals surface area contributed by atoms with Crippen LogP contribution in [0.2, 0.25) is 0 Å². The molecule has 0 N–H and O–H groups in total. The van der Waals surface area contributed by atoms with Crippen LogP contribution in [0.3, 0.4) is 0 Å². The predicted molar refractivity (Wildman–Crippen MR) is 132 cm³/mol. The van der Waals surface area contributed by atoms with Gasteiger partial charge >= 0.3 is 17.8 Å². The number of nitrogens with zero attached hydrogens (tertiary/aromatic N) is 2. The molecule has 1 aromatic rings. The van der Waals surface area contributed by atoms with Crippen LogP contribution >= 0.6 is 25.3 Å². The molecule has 36 heavy (non-hydrogen) atoms. The lowest BCUT2D eigenvalue weighted by molar-refractivity contribution is -0.156. The number of amides is 2. The van der Waals surface area contributed by atoms with Crippen LogP contribution < -0.4 is 5.82 Å². The molecule has 3 heterocycles. The van der Waals surface area contributed by atoms with Gasteiger partial charge in [0.2, 0.25) is 11.8 Å². The first-order valence-electron chi connectivity index (χ1n) is 12.0. The SMILES string of the molecule is C[C@H](CS)C(=O)N1CCCC1C(=O)OCc1oc(=O)oc1COC(=O)C1CCCN1C(=O)[C@H](C)CS. The van der Waals surface area contributed by atoms with E-state index in [-0.39, 0.29) is 35.2 Å². The van der Waals surface area contributed by atoms with Crippen LogP contribution in [0, 0.1) is 11.8 Å². The van der Waals surface area contributed by atoms with E-state index in [2.05, 4.69) is 25.3 Å². The molecule has 3 rings (SSSR count). The molecular formula is C23H32N2O9S2. The van der Waals surface area contributed by atoms with Gasteiger partial charge in [0, 0.05) is 36.4 Å². The van der Waals surface area contributed by atoms with Gasteiger partial charge in [0.25, 0.3) is 0 Å². The summed E-state index contributed by atoms with van der Waals surface area (Å²) in [4.78, 5) is 65.0. The Labute approximate surface area is 219 Å². The van der Waals surface area contributed by atoms with Gasteiger partial charge in [-0.25, -0.2) is 14.4 Å². The molecule has 2 saturated heterocycles. The Morgan fingerprint density at radius 3 is 1.58 bits per heavy atom.